The van der Waals surface area contributed by atoms with Gasteiger partial charge in [0.2, 0.25) is 0 Å². The van der Waals surface area contributed by atoms with Crippen LogP contribution in [0.4, 0.5) is 0 Å². The minimum atomic E-state index is 0.891. The Morgan fingerprint density at radius 1 is 0.565 bits per heavy atom. The van der Waals surface area contributed by atoms with E-state index in [9.17, 15) is 0 Å². The van der Waals surface area contributed by atoms with Crippen molar-refractivity contribution in [2.45, 2.75) is 0 Å². The van der Waals surface area contributed by atoms with Gasteiger partial charge in [0, 0.05) is 15.6 Å². The summed E-state index contributed by atoms with van der Waals surface area (Å²) in [5, 5.41) is 0. The fraction of sp³-hybridized carbons (Fsp3) is 0. The molecule has 3 aromatic carbocycles. The van der Waals surface area contributed by atoms with Crippen molar-refractivity contribution in [3.63, 3.8) is 0 Å². The molecule has 4 aromatic rings. The second-order valence-electron chi connectivity index (χ2n) is 5.26. The van der Waals surface area contributed by atoms with Gasteiger partial charge in [0.25, 0.3) is 0 Å². The Morgan fingerprint density at radius 3 is 1.83 bits per heavy atom. The fourth-order valence-corrected chi connectivity index (χ4v) is 3.11. The number of para-hydroxylation sites is 2. The Balaban J connectivity index is 2.07. The van der Waals surface area contributed by atoms with E-state index in [-0.39, 0.29) is 0 Å². The molecule has 1 heterocycles. The van der Waals surface area contributed by atoms with Gasteiger partial charge in [-0.1, -0.05) is 76.6 Å². The number of hydrogen-bond donors (Lipinski definition) is 0. The molecule has 0 bridgehead atoms. The standard InChI is InChI=1S/C20H13BrN2/c21-16-11-5-4-10-15(16)20-19(14-8-2-1-3-9-14)22-17-12-6-7-13-18(17)23-20/h1-13H. The SMILES string of the molecule is Brc1ccccc1-c1nc2ccccc2nc1-c1ccccc1. The summed E-state index contributed by atoms with van der Waals surface area (Å²) in [4.78, 5) is 9.77. The lowest BCUT2D eigenvalue weighted by atomic mass is 10.0. The van der Waals surface area contributed by atoms with Crippen molar-refractivity contribution in [2.75, 3.05) is 0 Å². The van der Waals surface area contributed by atoms with E-state index in [4.69, 9.17) is 9.97 Å². The lowest BCUT2D eigenvalue weighted by Gasteiger charge is -2.11. The van der Waals surface area contributed by atoms with Gasteiger partial charge in [-0.2, -0.15) is 0 Å². The van der Waals surface area contributed by atoms with Crippen molar-refractivity contribution in [1.82, 2.24) is 9.97 Å². The van der Waals surface area contributed by atoms with Crippen LogP contribution in [-0.4, -0.2) is 9.97 Å². The first-order valence-electron chi connectivity index (χ1n) is 7.40. The zero-order valence-corrected chi connectivity index (χ0v) is 13.9. The summed E-state index contributed by atoms with van der Waals surface area (Å²) >= 11 is 3.64. The molecule has 0 aliphatic carbocycles. The van der Waals surface area contributed by atoms with Crippen LogP contribution in [0.1, 0.15) is 0 Å². The van der Waals surface area contributed by atoms with Crippen LogP contribution in [0.25, 0.3) is 33.5 Å². The van der Waals surface area contributed by atoms with Crippen LogP contribution in [0.2, 0.25) is 0 Å². The predicted octanol–water partition coefficient (Wildman–Crippen LogP) is 5.73. The molecule has 0 saturated carbocycles. The largest absolute Gasteiger partial charge is 0.244 e. The van der Waals surface area contributed by atoms with Crippen LogP contribution in [0.15, 0.2) is 83.3 Å². The van der Waals surface area contributed by atoms with Crippen LogP contribution < -0.4 is 0 Å². The van der Waals surface area contributed by atoms with Crippen LogP contribution in [0, 0.1) is 0 Å². The smallest absolute Gasteiger partial charge is 0.0984 e. The minimum Gasteiger partial charge on any atom is -0.244 e. The number of nitrogens with zero attached hydrogens (tertiary/aromatic N) is 2. The predicted molar refractivity (Wildman–Crippen MR) is 98.1 cm³/mol. The molecular formula is C20H13BrN2. The summed E-state index contributed by atoms with van der Waals surface area (Å²) in [6, 6.07) is 26.3. The van der Waals surface area contributed by atoms with E-state index in [1.807, 2.05) is 60.7 Å². The molecule has 0 radical (unpaired) electrons. The van der Waals surface area contributed by atoms with Crippen LogP contribution in [0.3, 0.4) is 0 Å². The molecule has 3 heteroatoms. The Bertz CT molecular complexity index is 981. The highest BCUT2D eigenvalue weighted by Gasteiger charge is 2.14. The molecule has 1 aromatic heterocycles. The van der Waals surface area contributed by atoms with Crippen molar-refractivity contribution in [1.29, 1.82) is 0 Å². The van der Waals surface area contributed by atoms with Gasteiger partial charge in [0.1, 0.15) is 0 Å². The van der Waals surface area contributed by atoms with Gasteiger partial charge >= 0.3 is 0 Å². The Hall–Kier alpha value is -2.52. The monoisotopic (exact) mass is 360 g/mol. The Labute approximate surface area is 143 Å². The number of hydrogen-bond acceptors (Lipinski definition) is 2. The number of benzene rings is 3. The van der Waals surface area contributed by atoms with Gasteiger partial charge in [-0.05, 0) is 18.2 Å². The van der Waals surface area contributed by atoms with Crippen molar-refractivity contribution in [2.24, 2.45) is 0 Å². The first-order valence-corrected chi connectivity index (χ1v) is 8.19. The molecule has 0 N–H and O–H groups in total. The second kappa shape index (κ2) is 5.94. The average Bonchev–Trinajstić information content (AvgIpc) is 2.62. The van der Waals surface area contributed by atoms with Crippen LogP contribution in [0.5, 0.6) is 0 Å². The maximum atomic E-state index is 4.89. The molecule has 0 saturated heterocycles. The van der Waals surface area contributed by atoms with Crippen LogP contribution >= 0.6 is 15.9 Å². The maximum Gasteiger partial charge on any atom is 0.0984 e. The molecule has 2 nitrogen and oxygen atoms in total. The second-order valence-corrected chi connectivity index (χ2v) is 6.11. The molecule has 0 spiro atoms. The van der Waals surface area contributed by atoms with Gasteiger partial charge in [-0.3, -0.25) is 0 Å². The topological polar surface area (TPSA) is 25.8 Å². The number of halogens is 1. The molecule has 0 fully saturated rings. The first kappa shape index (κ1) is 14.1. The zero-order chi connectivity index (χ0) is 15.6. The molecule has 0 aliphatic rings. The fourth-order valence-electron chi connectivity index (χ4n) is 2.64. The molecule has 0 amide bonds. The summed E-state index contributed by atoms with van der Waals surface area (Å²) < 4.78 is 1.02. The first-order chi connectivity index (χ1) is 11.3. The highest BCUT2D eigenvalue weighted by molar-refractivity contribution is 9.10. The maximum absolute atomic E-state index is 4.89. The normalized spacial score (nSPS) is 10.8. The molecule has 0 atom stereocenters. The van der Waals surface area contributed by atoms with Gasteiger partial charge in [-0.15, -0.1) is 0 Å². The van der Waals surface area contributed by atoms with E-state index in [1.54, 1.807) is 0 Å². The molecule has 110 valence electrons. The number of rotatable bonds is 2. The number of aromatic nitrogens is 2. The summed E-state index contributed by atoms with van der Waals surface area (Å²) in [5.41, 5.74) is 5.71. The van der Waals surface area contributed by atoms with E-state index in [0.717, 1.165) is 38.0 Å². The Kier molecular flexibility index (Phi) is 3.64. The summed E-state index contributed by atoms with van der Waals surface area (Å²) in [6.07, 6.45) is 0. The highest BCUT2D eigenvalue weighted by Crippen LogP contribution is 2.34. The zero-order valence-electron chi connectivity index (χ0n) is 12.3. The van der Waals surface area contributed by atoms with E-state index in [1.165, 1.54) is 0 Å². The summed E-state index contributed by atoms with van der Waals surface area (Å²) in [7, 11) is 0. The Morgan fingerprint density at radius 2 is 1.13 bits per heavy atom. The molecule has 0 aliphatic heterocycles. The quantitative estimate of drug-likeness (QED) is 0.456. The third-order valence-electron chi connectivity index (χ3n) is 3.75. The number of fused-ring (bicyclic) bond motifs is 1. The van der Waals surface area contributed by atoms with Gasteiger partial charge in [0.15, 0.2) is 0 Å². The minimum absolute atomic E-state index is 0.891. The molecule has 4 rings (SSSR count). The summed E-state index contributed by atoms with van der Waals surface area (Å²) in [6.45, 7) is 0. The van der Waals surface area contributed by atoms with Crippen molar-refractivity contribution in [3.8, 4) is 22.5 Å². The lowest BCUT2D eigenvalue weighted by molar-refractivity contribution is 1.29. The lowest BCUT2D eigenvalue weighted by Crippen LogP contribution is -1.95. The van der Waals surface area contributed by atoms with E-state index in [0.29, 0.717) is 0 Å². The van der Waals surface area contributed by atoms with Gasteiger partial charge in [0.05, 0.1) is 22.4 Å². The molecule has 23 heavy (non-hydrogen) atoms. The van der Waals surface area contributed by atoms with E-state index < -0.39 is 0 Å². The van der Waals surface area contributed by atoms with Crippen molar-refractivity contribution >= 4 is 27.0 Å². The summed E-state index contributed by atoms with van der Waals surface area (Å²) in [5.74, 6) is 0. The third kappa shape index (κ3) is 2.64. The van der Waals surface area contributed by atoms with Gasteiger partial charge in [-0.25, -0.2) is 9.97 Å². The van der Waals surface area contributed by atoms with Gasteiger partial charge < -0.3 is 0 Å². The average molecular weight is 361 g/mol. The van der Waals surface area contributed by atoms with Crippen LogP contribution in [-0.2, 0) is 0 Å². The van der Waals surface area contributed by atoms with Crippen molar-refractivity contribution < 1.29 is 0 Å². The van der Waals surface area contributed by atoms with E-state index in [2.05, 4.69) is 34.1 Å². The molecular weight excluding hydrogens is 348 g/mol. The molecule has 0 unspecified atom stereocenters. The van der Waals surface area contributed by atoms with Crippen molar-refractivity contribution in [3.05, 3.63) is 83.3 Å². The third-order valence-corrected chi connectivity index (χ3v) is 4.44. The van der Waals surface area contributed by atoms with E-state index >= 15 is 0 Å². The highest BCUT2D eigenvalue weighted by atomic mass is 79.9.